The van der Waals surface area contributed by atoms with Crippen molar-refractivity contribution in [3.05, 3.63) is 162 Å². The van der Waals surface area contributed by atoms with Gasteiger partial charge in [-0.3, -0.25) is 0 Å². The van der Waals surface area contributed by atoms with E-state index in [0.717, 1.165) is 89.4 Å². The number of fused-ring (bicyclic) bond motifs is 9. The SMILES string of the molecule is OCC1C(O)C(O)C2[C@@H](Oc3ccc(-c4c5nc(c(-c6ccccc6)c6ccc([nH]6)c(-c6ccccc6)c6nc(c(-c7ccccc7)c7ccc4[nH]7)C=C6)C=C5)cc3)OC12O. The van der Waals surface area contributed by atoms with Crippen molar-refractivity contribution < 1.29 is 29.9 Å². The molecule has 0 amide bonds. The Hall–Kier alpha value is -6.92. The highest BCUT2D eigenvalue weighted by Crippen LogP contribution is 2.53. The molecular formula is C51H40N4O6. The van der Waals surface area contributed by atoms with E-state index in [4.69, 9.17) is 19.4 Å². The molecule has 1 saturated carbocycles. The van der Waals surface area contributed by atoms with Gasteiger partial charge in [0, 0.05) is 44.3 Å². The van der Waals surface area contributed by atoms with Crippen molar-refractivity contribution in [3.8, 4) is 50.3 Å². The van der Waals surface area contributed by atoms with Crippen LogP contribution in [0.2, 0.25) is 0 Å². The number of nitrogens with one attached hydrogen (secondary N) is 2. The highest BCUT2D eigenvalue weighted by molar-refractivity contribution is 5.99. The number of hydrogen-bond donors (Lipinski definition) is 6. The second-order valence-electron chi connectivity index (χ2n) is 15.8. The molecule has 1 saturated heterocycles. The average molecular weight is 805 g/mol. The average Bonchev–Trinajstić information content (AvgIpc) is 4.14. The Kier molecular flexibility index (Phi) is 8.92. The molecule has 5 unspecified atom stereocenters. The molecular weight excluding hydrogens is 765 g/mol. The monoisotopic (exact) mass is 804 g/mol. The summed E-state index contributed by atoms with van der Waals surface area (Å²) in [5, 5.41) is 41.9. The third-order valence-corrected chi connectivity index (χ3v) is 12.3. The van der Waals surface area contributed by atoms with Crippen LogP contribution in [0.5, 0.6) is 5.75 Å². The maximum Gasteiger partial charge on any atom is 0.213 e. The molecule has 0 radical (unpaired) electrons. The standard InChI is InChI=1S/C51H40N4O6/c56-28-34-48(57)49(58)47-50(61-51(34,47)59)60-33-18-16-32(17-19-33)46-41-26-24-39(54-41)44(30-12-6-2-7-13-30)37-22-20-35(52-37)43(29-10-4-1-5-11-29)36-21-23-38(53-36)45(31-14-8-3-9-15-31)40-25-27-42(46)55-40/h1-27,34,47-50,52,55-59H,28H2/t34?,47?,48?,49?,50-,51?/m0/s1. The summed E-state index contributed by atoms with van der Waals surface area (Å²) in [5.74, 6) is -3.40. The van der Waals surface area contributed by atoms with Crippen LogP contribution in [0.1, 0.15) is 22.8 Å². The number of aliphatic hydroxyl groups is 4. The summed E-state index contributed by atoms with van der Waals surface area (Å²) in [6.07, 6.45) is 4.59. The quantitative estimate of drug-likeness (QED) is 0.0935. The summed E-state index contributed by atoms with van der Waals surface area (Å²) < 4.78 is 11.8. The van der Waals surface area contributed by atoms with Crippen LogP contribution < -0.4 is 4.74 Å². The maximum atomic E-state index is 11.0. The Morgan fingerprint density at radius 1 is 0.508 bits per heavy atom. The van der Waals surface area contributed by atoms with Gasteiger partial charge in [-0.2, -0.15) is 0 Å². The molecule has 8 bridgehead atoms. The van der Waals surface area contributed by atoms with E-state index in [1.165, 1.54) is 0 Å². The van der Waals surface area contributed by atoms with E-state index in [1.54, 1.807) is 12.1 Å². The lowest BCUT2D eigenvalue weighted by molar-refractivity contribution is -0.422. The minimum Gasteiger partial charge on any atom is -0.464 e. The number of nitrogens with zero attached hydrogens (tertiary/aromatic N) is 2. The van der Waals surface area contributed by atoms with E-state index in [2.05, 4.69) is 88.9 Å². The first kappa shape index (κ1) is 37.1. The van der Waals surface area contributed by atoms with Gasteiger partial charge < -0.3 is 39.9 Å². The van der Waals surface area contributed by atoms with Crippen LogP contribution in [-0.4, -0.2) is 71.3 Å². The Labute approximate surface area is 350 Å². The zero-order valence-electron chi connectivity index (χ0n) is 32.7. The minimum atomic E-state index is -1.88. The Morgan fingerprint density at radius 2 is 0.885 bits per heavy atom. The number of aromatic nitrogens is 4. The zero-order valence-corrected chi connectivity index (χ0v) is 32.7. The summed E-state index contributed by atoms with van der Waals surface area (Å²) in [5.41, 5.74) is 14.5. The zero-order chi connectivity index (χ0) is 41.2. The normalized spacial score (nSPS) is 22.5. The van der Waals surface area contributed by atoms with E-state index in [9.17, 15) is 20.4 Å². The summed E-state index contributed by atoms with van der Waals surface area (Å²) in [7, 11) is 0. The number of H-pyrrole nitrogens is 2. The Bertz CT molecular complexity index is 3000. The lowest BCUT2D eigenvalue weighted by atomic mass is 9.89. The van der Waals surface area contributed by atoms with Crippen LogP contribution in [-0.2, 0) is 4.74 Å². The predicted octanol–water partition coefficient (Wildman–Crippen LogP) is 8.71. The van der Waals surface area contributed by atoms with E-state index in [-0.39, 0.29) is 0 Å². The van der Waals surface area contributed by atoms with Gasteiger partial charge in [0.15, 0.2) is 5.79 Å². The second-order valence-corrected chi connectivity index (χ2v) is 15.8. The van der Waals surface area contributed by atoms with Gasteiger partial charge in [-0.15, -0.1) is 0 Å². The van der Waals surface area contributed by atoms with Gasteiger partial charge in [0.1, 0.15) is 11.7 Å². The molecule has 61 heavy (non-hydrogen) atoms. The van der Waals surface area contributed by atoms with Gasteiger partial charge in [0.05, 0.1) is 47.5 Å². The van der Waals surface area contributed by atoms with Crippen LogP contribution >= 0.6 is 0 Å². The van der Waals surface area contributed by atoms with Crippen molar-refractivity contribution in [2.75, 3.05) is 6.61 Å². The first-order valence-electron chi connectivity index (χ1n) is 20.3. The molecule has 6 N–H and O–H groups in total. The van der Waals surface area contributed by atoms with Crippen molar-refractivity contribution in [1.82, 2.24) is 19.9 Å². The smallest absolute Gasteiger partial charge is 0.213 e. The van der Waals surface area contributed by atoms with Gasteiger partial charge in [-0.1, -0.05) is 103 Å². The molecule has 300 valence electrons. The Morgan fingerprint density at radius 3 is 1.26 bits per heavy atom. The molecule has 3 aromatic heterocycles. The van der Waals surface area contributed by atoms with Crippen LogP contribution in [0.3, 0.4) is 0 Å². The van der Waals surface area contributed by atoms with Crippen LogP contribution in [0.4, 0.5) is 0 Å². The maximum absolute atomic E-state index is 11.0. The van der Waals surface area contributed by atoms with Gasteiger partial charge in [0.2, 0.25) is 6.29 Å². The minimum absolute atomic E-state index is 0.439. The molecule has 6 heterocycles. The number of benzene rings is 4. The fraction of sp³-hybridized carbons (Fsp3) is 0.137. The molecule has 2 fully saturated rings. The summed E-state index contributed by atoms with van der Waals surface area (Å²) in [6.45, 7) is -0.539. The first-order chi connectivity index (χ1) is 29.9. The molecule has 3 aliphatic heterocycles. The number of aliphatic hydroxyl groups excluding tert-OH is 3. The first-order valence-corrected chi connectivity index (χ1v) is 20.3. The fourth-order valence-electron chi connectivity index (χ4n) is 9.30. The molecule has 6 atom stereocenters. The van der Waals surface area contributed by atoms with Gasteiger partial charge in [0.25, 0.3) is 0 Å². The van der Waals surface area contributed by atoms with Crippen molar-refractivity contribution in [1.29, 1.82) is 0 Å². The lowest BCUT2D eigenvalue weighted by Crippen LogP contribution is -2.64. The number of rotatable bonds is 7. The highest BCUT2D eigenvalue weighted by Gasteiger charge is 2.71. The summed E-state index contributed by atoms with van der Waals surface area (Å²) in [6, 6.07) is 46.7. The molecule has 0 spiro atoms. The predicted molar refractivity (Wildman–Crippen MR) is 237 cm³/mol. The molecule has 7 aromatic rings. The van der Waals surface area contributed by atoms with E-state index < -0.39 is 42.7 Å². The van der Waals surface area contributed by atoms with Gasteiger partial charge in [-0.05, 0) is 83.0 Å². The van der Waals surface area contributed by atoms with Crippen LogP contribution in [0, 0.1) is 11.8 Å². The largest absolute Gasteiger partial charge is 0.464 e. The van der Waals surface area contributed by atoms with Crippen LogP contribution in [0.15, 0.2) is 140 Å². The second kappa shape index (κ2) is 14.7. The van der Waals surface area contributed by atoms with E-state index in [0.29, 0.717) is 5.75 Å². The third kappa shape index (κ3) is 6.15. The van der Waals surface area contributed by atoms with Crippen molar-refractivity contribution in [3.63, 3.8) is 0 Å². The van der Waals surface area contributed by atoms with E-state index >= 15 is 0 Å². The van der Waals surface area contributed by atoms with Crippen molar-refractivity contribution >= 4 is 46.4 Å². The molecule has 4 aliphatic rings. The molecule has 10 nitrogen and oxygen atoms in total. The summed E-state index contributed by atoms with van der Waals surface area (Å²) >= 11 is 0. The molecule has 4 aromatic carbocycles. The summed E-state index contributed by atoms with van der Waals surface area (Å²) in [4.78, 5) is 18.3. The topological polar surface area (TPSA) is 157 Å². The number of ether oxygens (including phenoxy) is 2. The highest BCUT2D eigenvalue weighted by atomic mass is 16.8. The van der Waals surface area contributed by atoms with E-state index in [1.807, 2.05) is 72.8 Å². The molecule has 11 rings (SSSR count). The lowest BCUT2D eigenvalue weighted by Gasteiger charge is -2.49. The Balaban J connectivity index is 1.13. The third-order valence-electron chi connectivity index (χ3n) is 12.3. The van der Waals surface area contributed by atoms with Crippen molar-refractivity contribution in [2.24, 2.45) is 11.8 Å². The number of hydrogen-bond acceptors (Lipinski definition) is 8. The molecule has 1 aliphatic carbocycles. The number of aromatic amines is 2. The van der Waals surface area contributed by atoms with Crippen LogP contribution in [0.25, 0.3) is 90.9 Å². The van der Waals surface area contributed by atoms with Gasteiger partial charge in [-0.25, -0.2) is 9.97 Å². The van der Waals surface area contributed by atoms with Crippen molar-refractivity contribution in [2.45, 2.75) is 24.3 Å². The fourth-order valence-corrected chi connectivity index (χ4v) is 9.30. The molecule has 10 heteroatoms. The van der Waals surface area contributed by atoms with Gasteiger partial charge >= 0.3 is 0 Å².